The van der Waals surface area contributed by atoms with Gasteiger partial charge >= 0.3 is 0 Å². The number of halogens is 1. The van der Waals surface area contributed by atoms with Gasteiger partial charge in [-0.15, -0.1) is 11.3 Å². The highest BCUT2D eigenvalue weighted by Gasteiger charge is 2.13. The Hall–Kier alpha value is -3.31. The van der Waals surface area contributed by atoms with Gasteiger partial charge in [0.1, 0.15) is 10.8 Å². The van der Waals surface area contributed by atoms with Crippen molar-refractivity contribution in [1.29, 1.82) is 0 Å². The van der Waals surface area contributed by atoms with Crippen LogP contribution in [-0.4, -0.2) is 10.9 Å². The van der Waals surface area contributed by atoms with Crippen LogP contribution < -0.4 is 5.32 Å². The van der Waals surface area contributed by atoms with Gasteiger partial charge in [-0.2, -0.15) is 0 Å². The molecule has 0 aliphatic carbocycles. The van der Waals surface area contributed by atoms with Gasteiger partial charge in [0, 0.05) is 21.7 Å². The molecule has 3 nitrogen and oxygen atoms in total. The van der Waals surface area contributed by atoms with Gasteiger partial charge in [0.25, 0.3) is 5.91 Å². The maximum Gasteiger partial charge on any atom is 0.258 e. The minimum atomic E-state index is -0.539. The Bertz CT molecular complexity index is 1120. The highest BCUT2D eigenvalue weighted by atomic mass is 32.1. The summed E-state index contributed by atoms with van der Waals surface area (Å²) >= 11 is 1.65. The number of carbonyl (C=O) groups excluding carboxylic acids is 1. The van der Waals surface area contributed by atoms with E-state index in [2.05, 4.69) is 5.32 Å². The Morgan fingerprint density at radius 1 is 0.893 bits per heavy atom. The molecule has 0 saturated carbocycles. The quantitative estimate of drug-likeness (QED) is 0.454. The molecule has 0 bridgehead atoms. The maximum absolute atomic E-state index is 13.7. The summed E-state index contributed by atoms with van der Waals surface area (Å²) in [5.41, 5.74) is 3.62. The summed E-state index contributed by atoms with van der Waals surface area (Å²) in [5, 5.41) is 3.70. The van der Waals surface area contributed by atoms with E-state index in [4.69, 9.17) is 4.98 Å². The van der Waals surface area contributed by atoms with Crippen molar-refractivity contribution in [2.75, 3.05) is 5.32 Å². The highest BCUT2D eigenvalue weighted by Crippen LogP contribution is 2.33. The van der Waals surface area contributed by atoms with Crippen molar-refractivity contribution >= 4 is 22.9 Å². The fourth-order valence-electron chi connectivity index (χ4n) is 2.92. The number of amides is 1. The maximum atomic E-state index is 13.7. The molecule has 0 radical (unpaired) electrons. The number of benzene rings is 3. The lowest BCUT2D eigenvalue weighted by Crippen LogP contribution is -2.13. The van der Waals surface area contributed by atoms with Gasteiger partial charge in [-0.25, -0.2) is 9.37 Å². The molecule has 0 aliphatic rings. The molecule has 1 amide bonds. The van der Waals surface area contributed by atoms with Gasteiger partial charge in [-0.3, -0.25) is 4.79 Å². The fraction of sp³-hybridized carbons (Fsp3) is 0.0435. The summed E-state index contributed by atoms with van der Waals surface area (Å²) < 4.78 is 13.7. The molecule has 0 unspecified atom stereocenters. The second-order valence-corrected chi connectivity index (χ2v) is 7.50. The second kappa shape index (κ2) is 7.74. The predicted molar refractivity (Wildman–Crippen MR) is 112 cm³/mol. The number of carbonyl (C=O) groups is 1. The standard InChI is InChI=1S/C23H17FN2OS/c1-15-21(26-23(28-15)17-7-3-2-4-8-17)16-11-13-18(14-12-16)25-22(27)19-9-5-6-10-20(19)24/h2-14H,1H3,(H,25,27). The van der Waals surface area contributed by atoms with Crippen molar-refractivity contribution in [2.45, 2.75) is 6.92 Å². The zero-order valence-electron chi connectivity index (χ0n) is 15.1. The summed E-state index contributed by atoms with van der Waals surface area (Å²) in [6, 6.07) is 23.4. The summed E-state index contributed by atoms with van der Waals surface area (Å²) in [6.45, 7) is 2.05. The largest absolute Gasteiger partial charge is 0.322 e. The van der Waals surface area contributed by atoms with Crippen LogP contribution in [0.25, 0.3) is 21.8 Å². The minimum Gasteiger partial charge on any atom is -0.322 e. The van der Waals surface area contributed by atoms with E-state index < -0.39 is 11.7 Å². The number of nitrogens with one attached hydrogen (secondary N) is 1. The first-order valence-corrected chi connectivity index (χ1v) is 9.62. The van der Waals surface area contributed by atoms with Crippen molar-refractivity contribution in [3.8, 4) is 21.8 Å². The van der Waals surface area contributed by atoms with Crippen LogP contribution in [0.5, 0.6) is 0 Å². The van der Waals surface area contributed by atoms with Gasteiger partial charge in [0.2, 0.25) is 0 Å². The molecule has 1 aromatic heterocycles. The number of rotatable bonds is 4. The lowest BCUT2D eigenvalue weighted by molar-refractivity contribution is 0.102. The molecule has 1 heterocycles. The van der Waals surface area contributed by atoms with Gasteiger partial charge < -0.3 is 5.32 Å². The number of anilines is 1. The molecule has 28 heavy (non-hydrogen) atoms. The number of aromatic nitrogens is 1. The Kier molecular flexibility index (Phi) is 5.00. The number of hydrogen-bond acceptors (Lipinski definition) is 3. The van der Waals surface area contributed by atoms with E-state index in [1.165, 1.54) is 12.1 Å². The van der Waals surface area contributed by atoms with Crippen LogP contribution in [0.2, 0.25) is 0 Å². The first-order valence-electron chi connectivity index (χ1n) is 8.81. The number of nitrogens with zero attached hydrogens (tertiary/aromatic N) is 1. The smallest absolute Gasteiger partial charge is 0.258 e. The highest BCUT2D eigenvalue weighted by molar-refractivity contribution is 7.15. The summed E-state index contributed by atoms with van der Waals surface area (Å²) in [5.74, 6) is -1.01. The van der Waals surface area contributed by atoms with Crippen molar-refractivity contribution in [1.82, 2.24) is 4.98 Å². The van der Waals surface area contributed by atoms with Crippen LogP contribution in [0.15, 0.2) is 78.9 Å². The van der Waals surface area contributed by atoms with E-state index in [-0.39, 0.29) is 5.56 Å². The van der Waals surface area contributed by atoms with Gasteiger partial charge in [0.05, 0.1) is 11.3 Å². The van der Waals surface area contributed by atoms with Crippen molar-refractivity contribution in [3.05, 3.63) is 95.1 Å². The Labute approximate surface area is 166 Å². The van der Waals surface area contributed by atoms with Crippen LogP contribution in [0.4, 0.5) is 10.1 Å². The van der Waals surface area contributed by atoms with Crippen LogP contribution in [0.3, 0.4) is 0 Å². The van der Waals surface area contributed by atoms with E-state index >= 15 is 0 Å². The number of aryl methyl sites for hydroxylation is 1. The lowest BCUT2D eigenvalue weighted by Gasteiger charge is -2.07. The molecule has 1 N–H and O–H groups in total. The Balaban J connectivity index is 1.55. The van der Waals surface area contributed by atoms with E-state index in [0.29, 0.717) is 5.69 Å². The molecule has 3 aromatic carbocycles. The molecule has 0 aliphatic heterocycles. The van der Waals surface area contributed by atoms with Crippen LogP contribution in [0, 0.1) is 12.7 Å². The predicted octanol–water partition coefficient (Wildman–Crippen LogP) is 6.18. The lowest BCUT2D eigenvalue weighted by atomic mass is 10.1. The van der Waals surface area contributed by atoms with E-state index in [0.717, 1.165) is 26.7 Å². The average molecular weight is 388 g/mol. The molecular formula is C23H17FN2OS. The summed E-state index contributed by atoms with van der Waals surface area (Å²) in [6.07, 6.45) is 0. The van der Waals surface area contributed by atoms with Crippen molar-refractivity contribution in [3.63, 3.8) is 0 Å². The van der Waals surface area contributed by atoms with Crippen LogP contribution >= 0.6 is 11.3 Å². The zero-order chi connectivity index (χ0) is 19.5. The summed E-state index contributed by atoms with van der Waals surface area (Å²) in [4.78, 5) is 18.2. The minimum absolute atomic E-state index is 0.0226. The van der Waals surface area contributed by atoms with E-state index in [1.807, 2.05) is 49.4 Å². The Morgan fingerprint density at radius 2 is 1.57 bits per heavy atom. The van der Waals surface area contributed by atoms with Gasteiger partial charge in [0.15, 0.2) is 0 Å². The Morgan fingerprint density at radius 3 is 2.29 bits per heavy atom. The molecule has 4 aromatic rings. The zero-order valence-corrected chi connectivity index (χ0v) is 16.0. The number of thiazole rings is 1. The third-order valence-corrected chi connectivity index (χ3v) is 5.37. The molecule has 0 saturated heterocycles. The van der Waals surface area contributed by atoms with Gasteiger partial charge in [-0.05, 0) is 31.2 Å². The topological polar surface area (TPSA) is 42.0 Å². The van der Waals surface area contributed by atoms with Crippen LogP contribution in [-0.2, 0) is 0 Å². The second-order valence-electron chi connectivity index (χ2n) is 6.30. The third-order valence-electron chi connectivity index (χ3n) is 4.35. The SMILES string of the molecule is Cc1sc(-c2ccccc2)nc1-c1ccc(NC(=O)c2ccccc2F)cc1. The average Bonchev–Trinajstić information content (AvgIpc) is 3.11. The number of hydrogen-bond donors (Lipinski definition) is 1. The monoisotopic (exact) mass is 388 g/mol. The molecule has 0 spiro atoms. The van der Waals surface area contributed by atoms with Crippen LogP contribution in [0.1, 0.15) is 15.2 Å². The normalized spacial score (nSPS) is 10.6. The molecular weight excluding hydrogens is 371 g/mol. The van der Waals surface area contributed by atoms with Crippen molar-refractivity contribution < 1.29 is 9.18 Å². The van der Waals surface area contributed by atoms with Gasteiger partial charge in [-0.1, -0.05) is 54.6 Å². The molecule has 4 rings (SSSR count). The first-order chi connectivity index (χ1) is 13.6. The fourth-order valence-corrected chi connectivity index (χ4v) is 3.86. The molecule has 138 valence electrons. The molecule has 0 atom stereocenters. The molecule has 0 fully saturated rings. The third kappa shape index (κ3) is 3.70. The molecule has 5 heteroatoms. The van der Waals surface area contributed by atoms with E-state index in [9.17, 15) is 9.18 Å². The summed E-state index contributed by atoms with van der Waals surface area (Å²) in [7, 11) is 0. The van der Waals surface area contributed by atoms with E-state index in [1.54, 1.807) is 35.6 Å². The van der Waals surface area contributed by atoms with Crippen molar-refractivity contribution in [2.24, 2.45) is 0 Å². The first kappa shape index (κ1) is 18.1.